The summed E-state index contributed by atoms with van der Waals surface area (Å²) in [6, 6.07) is 10.8. The fraction of sp³-hybridized carbons (Fsp3) is 0.632. The molecule has 2 aliphatic rings. The number of rotatable bonds is 3. The van der Waals surface area contributed by atoms with Gasteiger partial charge in [0.2, 0.25) is 5.91 Å². The summed E-state index contributed by atoms with van der Waals surface area (Å²) >= 11 is 0. The van der Waals surface area contributed by atoms with Crippen LogP contribution in [0.1, 0.15) is 50.6 Å². The van der Waals surface area contributed by atoms with Gasteiger partial charge in [-0.2, -0.15) is 0 Å². The zero-order valence-corrected chi connectivity index (χ0v) is 14.3. The molecular weight excluding hydrogens is 288 g/mol. The molecule has 3 rings (SSSR count). The van der Waals surface area contributed by atoms with E-state index in [0.29, 0.717) is 0 Å². The van der Waals surface area contributed by atoms with Gasteiger partial charge in [-0.05, 0) is 38.3 Å². The van der Waals surface area contributed by atoms with Crippen LogP contribution in [0.5, 0.6) is 0 Å². The van der Waals surface area contributed by atoms with Crippen molar-refractivity contribution in [2.75, 3.05) is 20.3 Å². The Bertz CT molecular complexity index is 533. The minimum absolute atomic E-state index is 0.00959. The maximum absolute atomic E-state index is 12.8. The van der Waals surface area contributed by atoms with Crippen molar-refractivity contribution in [3.63, 3.8) is 0 Å². The molecule has 1 N–H and O–H groups in total. The number of nitrogens with zero attached hydrogens (tertiary/aromatic N) is 1. The Morgan fingerprint density at radius 2 is 2.09 bits per heavy atom. The molecular formula is C19H28N2O2. The van der Waals surface area contributed by atoms with Crippen molar-refractivity contribution in [3.8, 4) is 0 Å². The molecule has 0 aliphatic carbocycles. The lowest BCUT2D eigenvalue weighted by molar-refractivity contribution is -0.139. The third-order valence-corrected chi connectivity index (χ3v) is 5.45. The molecule has 2 saturated heterocycles. The smallest absolute Gasteiger partial charge is 0.249 e. The Hall–Kier alpha value is -1.39. The van der Waals surface area contributed by atoms with Crippen LogP contribution in [0.4, 0.5) is 0 Å². The highest BCUT2D eigenvalue weighted by Gasteiger charge is 2.51. The lowest BCUT2D eigenvalue weighted by Crippen LogP contribution is -2.55. The Kier molecular flexibility index (Phi) is 5.02. The lowest BCUT2D eigenvalue weighted by atomic mass is 9.85. The molecule has 23 heavy (non-hydrogen) atoms. The molecule has 4 nitrogen and oxygen atoms in total. The van der Waals surface area contributed by atoms with Gasteiger partial charge in [-0.15, -0.1) is 0 Å². The summed E-state index contributed by atoms with van der Waals surface area (Å²) in [4.78, 5) is 14.9. The second kappa shape index (κ2) is 7.02. The molecule has 1 aromatic carbocycles. The average Bonchev–Trinajstić information content (AvgIpc) is 2.82. The van der Waals surface area contributed by atoms with E-state index in [-0.39, 0.29) is 30.1 Å². The summed E-state index contributed by atoms with van der Waals surface area (Å²) in [5, 5.41) is 3.75. The topological polar surface area (TPSA) is 41.6 Å². The van der Waals surface area contributed by atoms with Crippen molar-refractivity contribution in [1.29, 1.82) is 0 Å². The van der Waals surface area contributed by atoms with Crippen LogP contribution in [0.25, 0.3) is 0 Å². The van der Waals surface area contributed by atoms with Crippen molar-refractivity contribution >= 4 is 5.91 Å². The molecule has 2 heterocycles. The number of carbonyl (C=O) groups excluding carboxylic acids is 1. The molecule has 0 aromatic heterocycles. The van der Waals surface area contributed by atoms with Gasteiger partial charge in [0.1, 0.15) is 6.61 Å². The maximum atomic E-state index is 12.8. The fourth-order valence-corrected chi connectivity index (χ4v) is 4.32. The molecule has 0 spiro atoms. The first kappa shape index (κ1) is 16.5. The van der Waals surface area contributed by atoms with Gasteiger partial charge in [-0.3, -0.25) is 4.79 Å². The Morgan fingerprint density at radius 3 is 2.83 bits per heavy atom. The summed E-state index contributed by atoms with van der Waals surface area (Å²) in [5.41, 5.74) is 1.22. The maximum Gasteiger partial charge on any atom is 0.249 e. The minimum atomic E-state index is -0.00959. The summed E-state index contributed by atoms with van der Waals surface area (Å²) in [7, 11) is 1.60. The third kappa shape index (κ3) is 3.29. The highest BCUT2D eigenvalue weighted by Crippen LogP contribution is 2.44. The molecule has 126 valence electrons. The van der Waals surface area contributed by atoms with Crippen LogP contribution in [0, 0.1) is 0 Å². The minimum Gasteiger partial charge on any atom is -0.375 e. The molecule has 0 unspecified atom stereocenters. The first-order valence-electron chi connectivity index (χ1n) is 8.76. The number of methoxy groups -OCH3 is 1. The Morgan fingerprint density at radius 1 is 1.30 bits per heavy atom. The van der Waals surface area contributed by atoms with Gasteiger partial charge in [0, 0.05) is 12.6 Å². The number of fused-ring (bicyclic) bond motifs is 1. The number of carbonyl (C=O) groups is 1. The number of benzene rings is 1. The number of hydrogen-bond acceptors (Lipinski definition) is 3. The van der Waals surface area contributed by atoms with Gasteiger partial charge in [0.05, 0.1) is 12.1 Å². The number of ether oxygens (including phenoxy) is 1. The standard InChI is InChI=1S/C19H28N2O2/c1-19-13-16(15-9-5-3-6-10-15)21(18(22)14-23-2)17(19)11-7-4-8-12-20-19/h3,5-6,9-10,16-17,20H,4,7-8,11-14H2,1-2H3/t16-,17-,19-/m0/s1. The van der Waals surface area contributed by atoms with Crippen LogP contribution in [0.15, 0.2) is 30.3 Å². The Labute approximate surface area is 139 Å². The second-order valence-corrected chi connectivity index (χ2v) is 7.07. The number of nitrogens with one attached hydrogen (secondary N) is 1. The highest BCUT2D eigenvalue weighted by atomic mass is 16.5. The summed E-state index contributed by atoms with van der Waals surface area (Å²) in [6.07, 6.45) is 5.70. The Balaban J connectivity index is 1.95. The predicted octanol–water partition coefficient (Wildman–Crippen LogP) is 2.90. The van der Waals surface area contributed by atoms with E-state index in [1.165, 1.54) is 24.8 Å². The van der Waals surface area contributed by atoms with Crippen LogP contribution in [0.3, 0.4) is 0 Å². The van der Waals surface area contributed by atoms with E-state index in [1.807, 2.05) is 6.07 Å². The summed E-state index contributed by atoms with van der Waals surface area (Å²) in [5.74, 6) is 0.109. The average molecular weight is 316 g/mol. The third-order valence-electron chi connectivity index (χ3n) is 5.45. The zero-order chi connectivity index (χ0) is 16.3. The molecule has 2 aliphatic heterocycles. The highest BCUT2D eigenvalue weighted by molar-refractivity contribution is 5.79. The molecule has 4 heteroatoms. The molecule has 0 bridgehead atoms. The first-order valence-corrected chi connectivity index (χ1v) is 8.76. The van der Waals surface area contributed by atoms with Gasteiger partial charge in [0.25, 0.3) is 0 Å². The normalized spacial score (nSPS) is 31.3. The molecule has 3 atom stereocenters. The molecule has 1 aromatic rings. The van der Waals surface area contributed by atoms with E-state index in [2.05, 4.69) is 41.4 Å². The van der Waals surface area contributed by atoms with Crippen molar-refractivity contribution in [1.82, 2.24) is 10.2 Å². The van der Waals surface area contributed by atoms with E-state index in [4.69, 9.17) is 4.74 Å². The van der Waals surface area contributed by atoms with Gasteiger partial charge in [0.15, 0.2) is 0 Å². The summed E-state index contributed by atoms with van der Waals surface area (Å²) in [6.45, 7) is 3.50. The second-order valence-electron chi connectivity index (χ2n) is 7.07. The molecule has 0 saturated carbocycles. The molecule has 2 fully saturated rings. The molecule has 0 radical (unpaired) electrons. The lowest BCUT2D eigenvalue weighted by Gasteiger charge is -2.38. The van der Waals surface area contributed by atoms with Crippen LogP contribution < -0.4 is 5.32 Å². The van der Waals surface area contributed by atoms with Crippen molar-refractivity contribution < 1.29 is 9.53 Å². The van der Waals surface area contributed by atoms with Gasteiger partial charge in [-0.1, -0.05) is 43.2 Å². The van der Waals surface area contributed by atoms with Crippen LogP contribution in [-0.2, 0) is 9.53 Å². The van der Waals surface area contributed by atoms with Gasteiger partial charge < -0.3 is 15.0 Å². The van der Waals surface area contributed by atoms with E-state index in [9.17, 15) is 4.79 Å². The SMILES string of the molecule is COCC(=O)N1[C@H]2CCCCCN[C@@]2(C)C[C@H]1c1ccccc1. The van der Waals surface area contributed by atoms with Crippen molar-refractivity contribution in [2.24, 2.45) is 0 Å². The monoisotopic (exact) mass is 316 g/mol. The van der Waals surface area contributed by atoms with E-state index in [0.717, 1.165) is 19.4 Å². The van der Waals surface area contributed by atoms with E-state index in [1.54, 1.807) is 7.11 Å². The van der Waals surface area contributed by atoms with Crippen LogP contribution in [-0.4, -0.2) is 42.6 Å². The van der Waals surface area contributed by atoms with Gasteiger partial charge >= 0.3 is 0 Å². The van der Waals surface area contributed by atoms with Crippen molar-refractivity contribution in [2.45, 2.75) is 56.7 Å². The van der Waals surface area contributed by atoms with Crippen molar-refractivity contribution in [3.05, 3.63) is 35.9 Å². The van der Waals surface area contributed by atoms with E-state index < -0.39 is 0 Å². The predicted molar refractivity (Wildman–Crippen MR) is 91.2 cm³/mol. The van der Waals surface area contributed by atoms with Crippen LogP contribution >= 0.6 is 0 Å². The number of likely N-dealkylation sites (tertiary alicyclic amines) is 1. The first-order chi connectivity index (χ1) is 11.2. The van der Waals surface area contributed by atoms with Crippen LogP contribution in [0.2, 0.25) is 0 Å². The zero-order valence-electron chi connectivity index (χ0n) is 14.3. The fourth-order valence-electron chi connectivity index (χ4n) is 4.32. The quantitative estimate of drug-likeness (QED) is 0.932. The molecule has 1 amide bonds. The largest absolute Gasteiger partial charge is 0.375 e. The summed E-state index contributed by atoms with van der Waals surface area (Å²) < 4.78 is 5.16. The van der Waals surface area contributed by atoms with E-state index >= 15 is 0 Å². The number of hydrogen-bond donors (Lipinski definition) is 1. The van der Waals surface area contributed by atoms with Gasteiger partial charge in [-0.25, -0.2) is 0 Å². The number of amides is 1.